The summed E-state index contributed by atoms with van der Waals surface area (Å²) in [6.45, 7) is 1.60. The van der Waals surface area contributed by atoms with Crippen molar-refractivity contribution in [1.29, 1.82) is 0 Å². The van der Waals surface area contributed by atoms with Crippen LogP contribution in [0, 0.1) is 5.92 Å². The van der Waals surface area contributed by atoms with Crippen molar-refractivity contribution >= 4 is 11.6 Å². The molecule has 2 heterocycles. The number of anilines is 1. The van der Waals surface area contributed by atoms with Crippen LogP contribution in [0.4, 0.5) is 18.9 Å². The molecule has 24 heavy (non-hydrogen) atoms. The van der Waals surface area contributed by atoms with E-state index in [1.54, 1.807) is 24.3 Å². The summed E-state index contributed by atoms with van der Waals surface area (Å²) in [5, 5.41) is 11.7. The summed E-state index contributed by atoms with van der Waals surface area (Å²) in [5.41, 5.74) is 0.469. The molecule has 1 aromatic carbocycles. The molecular weight excluding hydrogens is 321 g/mol. The fourth-order valence-corrected chi connectivity index (χ4v) is 2.66. The predicted molar refractivity (Wildman–Crippen MR) is 83.2 cm³/mol. The summed E-state index contributed by atoms with van der Waals surface area (Å²) in [4.78, 5) is 12.1. The zero-order valence-electron chi connectivity index (χ0n) is 12.8. The average Bonchev–Trinajstić information content (AvgIpc) is 3.07. The van der Waals surface area contributed by atoms with Gasteiger partial charge in [0.05, 0.1) is 11.6 Å². The Hall–Kier alpha value is -2.35. The standard InChI is InChI=1S/C16H17F3N4O/c17-16(18,19)14-8-13(22-23-14)10-3-5-12(6-4-10)21-15(24)11-2-1-7-20-9-11/h3-6,8,11,20H,1-2,7,9H2,(H,21,24)(H,22,23). The van der Waals surface area contributed by atoms with E-state index < -0.39 is 11.9 Å². The van der Waals surface area contributed by atoms with E-state index in [4.69, 9.17) is 0 Å². The highest BCUT2D eigenvalue weighted by molar-refractivity contribution is 5.93. The molecule has 3 rings (SSSR count). The molecule has 3 N–H and O–H groups in total. The quantitative estimate of drug-likeness (QED) is 0.806. The Kier molecular flexibility index (Phi) is 4.57. The fourth-order valence-electron chi connectivity index (χ4n) is 2.66. The Bertz CT molecular complexity index is 703. The van der Waals surface area contributed by atoms with Gasteiger partial charge in [-0.2, -0.15) is 18.3 Å². The largest absolute Gasteiger partial charge is 0.432 e. The van der Waals surface area contributed by atoms with Gasteiger partial charge in [-0.3, -0.25) is 9.89 Å². The van der Waals surface area contributed by atoms with Crippen molar-refractivity contribution in [2.24, 2.45) is 5.92 Å². The van der Waals surface area contributed by atoms with Gasteiger partial charge >= 0.3 is 6.18 Å². The van der Waals surface area contributed by atoms with Crippen molar-refractivity contribution < 1.29 is 18.0 Å². The van der Waals surface area contributed by atoms with Crippen molar-refractivity contribution in [3.63, 3.8) is 0 Å². The van der Waals surface area contributed by atoms with E-state index in [-0.39, 0.29) is 17.5 Å². The van der Waals surface area contributed by atoms with Crippen LogP contribution in [0.25, 0.3) is 11.3 Å². The van der Waals surface area contributed by atoms with Crippen LogP contribution in [-0.2, 0) is 11.0 Å². The minimum atomic E-state index is -4.45. The molecule has 0 spiro atoms. The number of halogens is 3. The smallest absolute Gasteiger partial charge is 0.326 e. The van der Waals surface area contributed by atoms with Crippen molar-refractivity contribution in [3.8, 4) is 11.3 Å². The number of H-pyrrole nitrogens is 1. The molecule has 2 aromatic rings. The van der Waals surface area contributed by atoms with Gasteiger partial charge < -0.3 is 10.6 Å². The van der Waals surface area contributed by atoms with E-state index >= 15 is 0 Å². The number of hydrogen-bond donors (Lipinski definition) is 3. The second-order valence-electron chi connectivity index (χ2n) is 5.77. The number of aromatic nitrogens is 2. The van der Waals surface area contributed by atoms with Gasteiger partial charge in [-0.15, -0.1) is 0 Å². The Labute approximate surface area is 136 Å². The Morgan fingerprint density at radius 2 is 2.00 bits per heavy atom. The molecule has 1 aromatic heterocycles. The lowest BCUT2D eigenvalue weighted by Gasteiger charge is -2.21. The highest BCUT2D eigenvalue weighted by atomic mass is 19.4. The number of carbonyl (C=O) groups excluding carboxylic acids is 1. The molecule has 1 unspecified atom stereocenters. The minimum absolute atomic E-state index is 0.0472. The number of benzene rings is 1. The summed E-state index contributed by atoms with van der Waals surface area (Å²) in [7, 11) is 0. The molecule has 1 saturated heterocycles. The number of nitrogens with zero attached hydrogens (tertiary/aromatic N) is 1. The lowest BCUT2D eigenvalue weighted by molar-refractivity contribution is -0.141. The molecule has 8 heteroatoms. The molecule has 0 bridgehead atoms. The lowest BCUT2D eigenvalue weighted by atomic mass is 9.99. The number of aromatic amines is 1. The predicted octanol–water partition coefficient (Wildman–Crippen LogP) is 3.03. The first-order valence-corrected chi connectivity index (χ1v) is 7.68. The monoisotopic (exact) mass is 338 g/mol. The first-order valence-electron chi connectivity index (χ1n) is 7.68. The maximum Gasteiger partial charge on any atom is 0.432 e. The SMILES string of the molecule is O=C(Nc1ccc(-c2cc(C(F)(F)F)[nH]n2)cc1)C1CCCNC1. The maximum atomic E-state index is 12.6. The van der Waals surface area contributed by atoms with Crippen LogP contribution in [0.5, 0.6) is 0 Å². The molecule has 128 valence electrons. The van der Waals surface area contributed by atoms with Gasteiger partial charge in [-0.1, -0.05) is 12.1 Å². The normalized spacial score (nSPS) is 18.4. The molecule has 1 aliphatic rings. The Balaban J connectivity index is 1.67. The van der Waals surface area contributed by atoms with Gasteiger partial charge in [0.1, 0.15) is 5.69 Å². The third kappa shape index (κ3) is 3.76. The van der Waals surface area contributed by atoms with Crippen LogP contribution < -0.4 is 10.6 Å². The molecule has 0 saturated carbocycles. The first-order chi connectivity index (χ1) is 11.4. The van der Waals surface area contributed by atoms with Crippen LogP contribution in [0.2, 0.25) is 0 Å². The van der Waals surface area contributed by atoms with E-state index in [2.05, 4.69) is 15.7 Å². The van der Waals surface area contributed by atoms with E-state index in [0.29, 0.717) is 17.8 Å². The number of piperidine rings is 1. The third-order valence-corrected chi connectivity index (χ3v) is 4.00. The molecular formula is C16H17F3N4O. The number of nitrogens with one attached hydrogen (secondary N) is 3. The first kappa shape index (κ1) is 16.5. The summed E-state index contributed by atoms with van der Waals surface area (Å²) >= 11 is 0. The summed E-state index contributed by atoms with van der Waals surface area (Å²) < 4.78 is 37.7. The zero-order chi connectivity index (χ0) is 17.2. The lowest BCUT2D eigenvalue weighted by Crippen LogP contribution is -2.37. The van der Waals surface area contributed by atoms with Crippen molar-refractivity contribution in [1.82, 2.24) is 15.5 Å². The number of alkyl halides is 3. The third-order valence-electron chi connectivity index (χ3n) is 4.00. The second-order valence-corrected chi connectivity index (χ2v) is 5.77. The Morgan fingerprint density at radius 3 is 2.58 bits per heavy atom. The van der Waals surface area contributed by atoms with Gasteiger partial charge in [0.2, 0.25) is 5.91 Å². The molecule has 5 nitrogen and oxygen atoms in total. The van der Waals surface area contributed by atoms with E-state index in [1.807, 2.05) is 5.10 Å². The molecule has 0 aliphatic carbocycles. The highest BCUT2D eigenvalue weighted by Gasteiger charge is 2.33. The van der Waals surface area contributed by atoms with Gasteiger partial charge in [-0.05, 0) is 37.6 Å². The topological polar surface area (TPSA) is 69.8 Å². The van der Waals surface area contributed by atoms with Crippen molar-refractivity contribution in [2.45, 2.75) is 19.0 Å². The molecule has 0 radical (unpaired) electrons. The summed E-state index contributed by atoms with van der Waals surface area (Å²) in [6.07, 6.45) is -2.63. The zero-order valence-corrected chi connectivity index (χ0v) is 12.8. The molecule has 1 atom stereocenters. The van der Waals surface area contributed by atoms with Gasteiger partial charge in [0.15, 0.2) is 0 Å². The number of rotatable bonds is 3. The number of hydrogen-bond acceptors (Lipinski definition) is 3. The van der Waals surface area contributed by atoms with Gasteiger partial charge in [-0.25, -0.2) is 0 Å². The fraction of sp³-hybridized carbons (Fsp3) is 0.375. The van der Waals surface area contributed by atoms with Crippen LogP contribution in [-0.4, -0.2) is 29.2 Å². The van der Waals surface area contributed by atoms with E-state index in [9.17, 15) is 18.0 Å². The number of amides is 1. The molecule has 1 aliphatic heterocycles. The van der Waals surface area contributed by atoms with Gasteiger partial charge in [0.25, 0.3) is 0 Å². The van der Waals surface area contributed by atoms with Crippen LogP contribution in [0.1, 0.15) is 18.5 Å². The Morgan fingerprint density at radius 1 is 1.25 bits per heavy atom. The summed E-state index contributed by atoms with van der Waals surface area (Å²) in [6, 6.07) is 7.54. The number of carbonyl (C=O) groups is 1. The highest BCUT2D eigenvalue weighted by Crippen LogP contribution is 2.30. The maximum absolute atomic E-state index is 12.6. The van der Waals surface area contributed by atoms with Crippen LogP contribution >= 0.6 is 0 Å². The van der Waals surface area contributed by atoms with Crippen molar-refractivity contribution in [2.75, 3.05) is 18.4 Å². The average molecular weight is 338 g/mol. The van der Waals surface area contributed by atoms with Gasteiger partial charge in [0, 0.05) is 17.8 Å². The molecule has 1 fully saturated rings. The van der Waals surface area contributed by atoms with Crippen molar-refractivity contribution in [3.05, 3.63) is 36.0 Å². The minimum Gasteiger partial charge on any atom is -0.326 e. The van der Waals surface area contributed by atoms with Crippen LogP contribution in [0.3, 0.4) is 0 Å². The van der Waals surface area contributed by atoms with E-state index in [1.165, 1.54) is 0 Å². The summed E-state index contributed by atoms with van der Waals surface area (Å²) in [5.74, 6) is -0.104. The second kappa shape index (κ2) is 6.64. The molecule has 1 amide bonds. The van der Waals surface area contributed by atoms with E-state index in [0.717, 1.165) is 25.5 Å². The van der Waals surface area contributed by atoms with Crippen LogP contribution in [0.15, 0.2) is 30.3 Å².